The lowest BCUT2D eigenvalue weighted by Gasteiger charge is -2.35. The van der Waals surface area contributed by atoms with Crippen LogP contribution >= 0.6 is 0 Å². The normalized spacial score (nSPS) is 15.6. The van der Waals surface area contributed by atoms with Crippen LogP contribution in [0.15, 0.2) is 36.8 Å². The van der Waals surface area contributed by atoms with Gasteiger partial charge in [0.05, 0.1) is 12.4 Å². The molecule has 1 aliphatic heterocycles. The van der Waals surface area contributed by atoms with Gasteiger partial charge in [-0.05, 0) is 12.1 Å². The first-order valence-electron chi connectivity index (χ1n) is 6.31. The van der Waals surface area contributed by atoms with Crippen molar-refractivity contribution in [2.75, 3.05) is 41.7 Å². The van der Waals surface area contributed by atoms with Crippen LogP contribution < -0.4 is 15.5 Å². The van der Waals surface area contributed by atoms with E-state index in [0.29, 0.717) is 5.82 Å². The maximum Gasteiger partial charge on any atom is 0.147 e. The van der Waals surface area contributed by atoms with Crippen LogP contribution in [0.5, 0.6) is 0 Å². The van der Waals surface area contributed by atoms with E-state index in [2.05, 4.69) is 24.8 Å². The number of hydrogen-bond donors (Lipinski definition) is 1. The van der Waals surface area contributed by atoms with E-state index < -0.39 is 0 Å². The predicted molar refractivity (Wildman–Crippen MR) is 75.1 cm³/mol. The number of nitrogens with two attached hydrogens (primary N) is 1. The van der Waals surface area contributed by atoms with E-state index in [1.54, 1.807) is 12.4 Å². The van der Waals surface area contributed by atoms with Gasteiger partial charge < -0.3 is 15.5 Å². The van der Waals surface area contributed by atoms with Crippen LogP contribution in [0.25, 0.3) is 0 Å². The summed E-state index contributed by atoms with van der Waals surface area (Å²) in [5, 5.41) is 0. The fourth-order valence-electron chi connectivity index (χ4n) is 2.20. The minimum absolute atomic E-state index is 0.455. The molecular formula is C13H16N6. The number of rotatable bonds is 2. The van der Waals surface area contributed by atoms with Gasteiger partial charge in [0.2, 0.25) is 0 Å². The maximum atomic E-state index is 5.55. The van der Waals surface area contributed by atoms with Gasteiger partial charge in [-0.25, -0.2) is 15.0 Å². The monoisotopic (exact) mass is 256 g/mol. The molecule has 2 aromatic rings. The Morgan fingerprint density at radius 3 is 2.16 bits per heavy atom. The molecule has 1 aliphatic rings. The molecule has 2 aromatic heterocycles. The molecule has 19 heavy (non-hydrogen) atoms. The van der Waals surface area contributed by atoms with Crippen LogP contribution in [0.3, 0.4) is 0 Å². The third-order valence-corrected chi connectivity index (χ3v) is 3.24. The molecule has 0 aliphatic carbocycles. The minimum atomic E-state index is 0.455. The van der Waals surface area contributed by atoms with Crippen molar-refractivity contribution < 1.29 is 0 Å². The minimum Gasteiger partial charge on any atom is -0.382 e. The standard InChI is InChI=1S/C13H16N6/c14-11-9-17-13(10-16-11)19-7-5-18(6-8-19)12-3-1-2-4-15-12/h1-4,9-10H,5-8H2,(H2,14,16). The number of hydrogen-bond acceptors (Lipinski definition) is 6. The molecule has 0 aromatic carbocycles. The van der Waals surface area contributed by atoms with E-state index >= 15 is 0 Å². The SMILES string of the molecule is Nc1cnc(N2CCN(c3ccccn3)CC2)cn1. The van der Waals surface area contributed by atoms with Crippen LogP contribution in [0, 0.1) is 0 Å². The van der Waals surface area contributed by atoms with Crippen LogP contribution in [-0.4, -0.2) is 41.1 Å². The Kier molecular flexibility index (Phi) is 3.14. The lowest BCUT2D eigenvalue weighted by Crippen LogP contribution is -2.47. The number of anilines is 3. The number of piperazine rings is 1. The largest absolute Gasteiger partial charge is 0.382 e. The summed E-state index contributed by atoms with van der Waals surface area (Å²) in [6.07, 6.45) is 5.15. The quantitative estimate of drug-likeness (QED) is 0.856. The molecule has 0 bridgehead atoms. The molecular weight excluding hydrogens is 240 g/mol. The summed E-state index contributed by atoms with van der Waals surface area (Å²) >= 11 is 0. The van der Waals surface area contributed by atoms with Gasteiger partial charge in [-0.3, -0.25) is 0 Å². The molecule has 0 amide bonds. The number of nitrogens with zero attached hydrogens (tertiary/aromatic N) is 5. The topological polar surface area (TPSA) is 71.2 Å². The van der Waals surface area contributed by atoms with Gasteiger partial charge in [0.25, 0.3) is 0 Å². The summed E-state index contributed by atoms with van der Waals surface area (Å²) in [7, 11) is 0. The zero-order valence-electron chi connectivity index (χ0n) is 10.6. The van der Waals surface area contributed by atoms with Gasteiger partial charge in [0.1, 0.15) is 17.5 Å². The second-order valence-electron chi connectivity index (χ2n) is 4.46. The molecule has 0 atom stereocenters. The summed E-state index contributed by atoms with van der Waals surface area (Å²) in [5.74, 6) is 2.37. The van der Waals surface area contributed by atoms with Gasteiger partial charge >= 0.3 is 0 Å². The van der Waals surface area contributed by atoms with E-state index in [1.807, 2.05) is 24.4 Å². The highest BCUT2D eigenvalue weighted by atomic mass is 15.3. The molecule has 0 unspecified atom stereocenters. The van der Waals surface area contributed by atoms with Gasteiger partial charge in [-0.2, -0.15) is 0 Å². The highest BCUT2D eigenvalue weighted by Gasteiger charge is 2.18. The lowest BCUT2D eigenvalue weighted by molar-refractivity contribution is 0.641. The Labute approximate surface area is 111 Å². The highest BCUT2D eigenvalue weighted by molar-refractivity contribution is 5.44. The summed E-state index contributed by atoms with van der Waals surface area (Å²) < 4.78 is 0. The summed E-state index contributed by atoms with van der Waals surface area (Å²) in [4.78, 5) is 17.3. The van der Waals surface area contributed by atoms with E-state index in [-0.39, 0.29) is 0 Å². The first-order chi connectivity index (χ1) is 9.33. The molecule has 2 N–H and O–H groups in total. The summed E-state index contributed by atoms with van der Waals surface area (Å²) in [5.41, 5.74) is 5.55. The van der Waals surface area contributed by atoms with Crippen molar-refractivity contribution in [3.8, 4) is 0 Å². The third kappa shape index (κ3) is 2.57. The van der Waals surface area contributed by atoms with Crippen LogP contribution in [0.1, 0.15) is 0 Å². The molecule has 0 radical (unpaired) electrons. The highest BCUT2D eigenvalue weighted by Crippen LogP contribution is 2.16. The van der Waals surface area contributed by atoms with Crippen LogP contribution in [0.2, 0.25) is 0 Å². The second-order valence-corrected chi connectivity index (χ2v) is 4.46. The van der Waals surface area contributed by atoms with Crippen molar-refractivity contribution in [3.05, 3.63) is 36.8 Å². The molecule has 0 saturated carbocycles. The molecule has 6 nitrogen and oxygen atoms in total. The lowest BCUT2D eigenvalue weighted by atomic mass is 10.3. The van der Waals surface area contributed by atoms with E-state index in [4.69, 9.17) is 5.73 Å². The molecule has 1 fully saturated rings. The Balaban J connectivity index is 1.65. The zero-order chi connectivity index (χ0) is 13.1. The molecule has 0 spiro atoms. The van der Waals surface area contributed by atoms with Crippen molar-refractivity contribution in [3.63, 3.8) is 0 Å². The van der Waals surface area contributed by atoms with Crippen molar-refractivity contribution in [1.29, 1.82) is 0 Å². The Morgan fingerprint density at radius 2 is 1.58 bits per heavy atom. The third-order valence-electron chi connectivity index (χ3n) is 3.24. The molecule has 1 saturated heterocycles. The van der Waals surface area contributed by atoms with E-state index in [1.165, 1.54) is 0 Å². The van der Waals surface area contributed by atoms with Crippen molar-refractivity contribution in [1.82, 2.24) is 15.0 Å². The van der Waals surface area contributed by atoms with Gasteiger partial charge in [-0.1, -0.05) is 6.07 Å². The fraction of sp³-hybridized carbons (Fsp3) is 0.308. The fourth-order valence-corrected chi connectivity index (χ4v) is 2.20. The van der Waals surface area contributed by atoms with E-state index in [0.717, 1.165) is 37.8 Å². The first-order valence-corrected chi connectivity index (χ1v) is 6.31. The molecule has 98 valence electrons. The second kappa shape index (κ2) is 5.09. The molecule has 3 rings (SSSR count). The van der Waals surface area contributed by atoms with Gasteiger partial charge in [0, 0.05) is 32.4 Å². The van der Waals surface area contributed by atoms with Crippen molar-refractivity contribution in [2.45, 2.75) is 0 Å². The molecule has 3 heterocycles. The Hall–Kier alpha value is -2.37. The number of pyridine rings is 1. The summed E-state index contributed by atoms with van der Waals surface area (Å²) in [6.45, 7) is 3.69. The van der Waals surface area contributed by atoms with Gasteiger partial charge in [0.15, 0.2) is 0 Å². The number of aromatic nitrogens is 3. The van der Waals surface area contributed by atoms with E-state index in [9.17, 15) is 0 Å². The Bertz CT molecular complexity index is 519. The van der Waals surface area contributed by atoms with Gasteiger partial charge in [-0.15, -0.1) is 0 Å². The number of nitrogen functional groups attached to an aromatic ring is 1. The predicted octanol–water partition coefficient (Wildman–Crippen LogP) is 0.780. The van der Waals surface area contributed by atoms with Crippen LogP contribution in [0.4, 0.5) is 17.5 Å². The smallest absolute Gasteiger partial charge is 0.147 e. The average molecular weight is 256 g/mol. The maximum absolute atomic E-state index is 5.55. The van der Waals surface area contributed by atoms with Crippen LogP contribution in [-0.2, 0) is 0 Å². The van der Waals surface area contributed by atoms with Crippen molar-refractivity contribution >= 4 is 17.5 Å². The Morgan fingerprint density at radius 1 is 0.842 bits per heavy atom. The summed E-state index contributed by atoms with van der Waals surface area (Å²) in [6, 6.07) is 5.99. The zero-order valence-corrected chi connectivity index (χ0v) is 10.6. The first kappa shape index (κ1) is 11.7. The van der Waals surface area contributed by atoms with Crippen molar-refractivity contribution in [2.24, 2.45) is 0 Å². The molecule has 6 heteroatoms. The average Bonchev–Trinajstić information content (AvgIpc) is 2.49.